The molecule has 1 fully saturated rings. The number of carbonyl (C=O) groups excluding carboxylic acids is 1. The molecule has 1 aliphatic carbocycles. The van der Waals surface area contributed by atoms with Crippen molar-refractivity contribution >= 4 is 39.0 Å². The molecule has 0 spiro atoms. The average molecular weight is 414 g/mol. The standard InChI is InChI=1S/C20H24N6O2S/c21-17-14-11-13-7-3-1-4-8-15(13)22-20(14)29-18(17)19(27)23-16-12-26(24-28-16)25-9-5-2-6-10-25/h11-12H,1-10H2,(H2-,21,23,24,27)/p+1. The van der Waals surface area contributed by atoms with Crippen LogP contribution in [0.3, 0.4) is 0 Å². The van der Waals surface area contributed by atoms with Crippen molar-refractivity contribution in [3.63, 3.8) is 0 Å². The number of nitrogens with zero attached hydrogens (tertiary/aromatic N) is 4. The zero-order chi connectivity index (χ0) is 19.8. The average Bonchev–Trinajstić information content (AvgIpc) is 3.24. The maximum absolute atomic E-state index is 12.8. The number of pyridine rings is 1. The predicted octanol–water partition coefficient (Wildman–Crippen LogP) is 2.80. The minimum Gasteiger partial charge on any atom is -0.397 e. The van der Waals surface area contributed by atoms with E-state index in [2.05, 4.69) is 21.7 Å². The van der Waals surface area contributed by atoms with Gasteiger partial charge in [0.1, 0.15) is 9.71 Å². The van der Waals surface area contributed by atoms with Gasteiger partial charge in [-0.1, -0.05) is 6.42 Å². The highest BCUT2D eigenvalue weighted by Gasteiger charge is 2.25. The molecule has 3 aromatic rings. The molecule has 9 heteroatoms. The number of aromatic nitrogens is 3. The van der Waals surface area contributed by atoms with Gasteiger partial charge < -0.3 is 5.73 Å². The van der Waals surface area contributed by atoms with Crippen LogP contribution in [0.1, 0.15) is 59.5 Å². The van der Waals surface area contributed by atoms with Gasteiger partial charge in [-0.15, -0.1) is 11.3 Å². The fourth-order valence-corrected chi connectivity index (χ4v) is 5.17. The molecular formula is C20H25N6O2S+. The van der Waals surface area contributed by atoms with Crippen molar-refractivity contribution < 1.29 is 14.1 Å². The van der Waals surface area contributed by atoms with E-state index < -0.39 is 0 Å². The first-order valence-corrected chi connectivity index (χ1v) is 11.2. The Kier molecular flexibility index (Phi) is 4.83. The zero-order valence-electron chi connectivity index (χ0n) is 16.3. The number of aryl methyl sites for hydroxylation is 2. The minimum absolute atomic E-state index is 0.289. The number of hydrogen-bond donors (Lipinski definition) is 2. The Bertz CT molecular complexity index is 1050. The molecule has 0 unspecified atom stereocenters. The minimum atomic E-state index is -0.289. The van der Waals surface area contributed by atoms with E-state index in [9.17, 15) is 4.79 Å². The summed E-state index contributed by atoms with van der Waals surface area (Å²) in [6.45, 7) is 1.87. The summed E-state index contributed by atoms with van der Waals surface area (Å²) >= 11 is 1.34. The van der Waals surface area contributed by atoms with Crippen molar-refractivity contribution in [3.05, 3.63) is 28.4 Å². The molecular weight excluding hydrogens is 388 g/mol. The maximum atomic E-state index is 12.8. The lowest BCUT2D eigenvalue weighted by Gasteiger charge is -2.17. The molecule has 0 saturated carbocycles. The smallest absolute Gasteiger partial charge is 0.306 e. The molecule has 8 nitrogen and oxygen atoms in total. The lowest BCUT2D eigenvalue weighted by atomic mass is 10.1. The number of nitrogens with one attached hydrogen (secondary N) is 1. The SMILES string of the molecule is Nc1c(C(=O)Nc2c[n+](N3CCCCC3)no2)sc2nc3c(cc12)CCCCC3. The third-order valence-corrected chi connectivity index (χ3v) is 6.88. The molecule has 5 rings (SSSR count). The van der Waals surface area contributed by atoms with Crippen molar-refractivity contribution in [1.29, 1.82) is 0 Å². The quantitative estimate of drug-likeness (QED) is 0.506. The zero-order valence-corrected chi connectivity index (χ0v) is 17.1. The number of piperidine rings is 1. The number of anilines is 2. The molecule has 2 aliphatic rings. The fourth-order valence-electron chi connectivity index (χ4n) is 4.18. The Hall–Kier alpha value is -2.68. The molecule has 0 atom stereocenters. The number of hydrogen-bond acceptors (Lipinski definition) is 7. The first kappa shape index (κ1) is 18.4. The summed E-state index contributed by atoms with van der Waals surface area (Å²) in [4.78, 5) is 20.6. The highest BCUT2D eigenvalue weighted by atomic mass is 32.1. The third-order valence-electron chi connectivity index (χ3n) is 5.77. The molecule has 3 N–H and O–H groups in total. The summed E-state index contributed by atoms with van der Waals surface area (Å²) in [5.41, 5.74) is 9.25. The Morgan fingerprint density at radius 3 is 2.83 bits per heavy atom. The van der Waals surface area contributed by atoms with Crippen LogP contribution in [-0.4, -0.2) is 29.3 Å². The van der Waals surface area contributed by atoms with E-state index in [4.69, 9.17) is 15.2 Å². The van der Waals surface area contributed by atoms with Crippen LogP contribution in [0, 0.1) is 0 Å². The fraction of sp³-hybridized carbons (Fsp3) is 0.500. The molecule has 0 aromatic carbocycles. The van der Waals surface area contributed by atoms with Gasteiger partial charge in [0.15, 0.2) is 0 Å². The number of thiophene rings is 1. The summed E-state index contributed by atoms with van der Waals surface area (Å²) in [6.07, 6.45) is 10.8. The third kappa shape index (κ3) is 3.55. The lowest BCUT2D eigenvalue weighted by molar-refractivity contribution is -0.759. The van der Waals surface area contributed by atoms with Crippen LogP contribution in [0.25, 0.3) is 10.2 Å². The number of amides is 1. The van der Waals surface area contributed by atoms with Crippen LogP contribution < -0.4 is 20.9 Å². The van der Waals surface area contributed by atoms with E-state index in [0.717, 1.165) is 54.7 Å². The van der Waals surface area contributed by atoms with Gasteiger partial charge in [0.05, 0.1) is 23.6 Å². The summed E-state index contributed by atoms with van der Waals surface area (Å²) in [5.74, 6) is 0.0174. The predicted molar refractivity (Wildman–Crippen MR) is 112 cm³/mol. The second-order valence-electron chi connectivity index (χ2n) is 7.81. The highest BCUT2D eigenvalue weighted by Crippen LogP contribution is 2.35. The molecule has 29 heavy (non-hydrogen) atoms. The second kappa shape index (κ2) is 7.62. The second-order valence-corrected chi connectivity index (χ2v) is 8.81. The van der Waals surface area contributed by atoms with Crippen molar-refractivity contribution in [2.45, 2.75) is 51.4 Å². The van der Waals surface area contributed by atoms with Crippen molar-refractivity contribution in [3.8, 4) is 0 Å². The van der Waals surface area contributed by atoms with Gasteiger partial charge in [-0.05, 0) is 56.6 Å². The summed E-state index contributed by atoms with van der Waals surface area (Å²) in [5, 5.41) is 9.79. The van der Waals surface area contributed by atoms with E-state index >= 15 is 0 Å². The van der Waals surface area contributed by atoms with Gasteiger partial charge >= 0.3 is 5.88 Å². The van der Waals surface area contributed by atoms with E-state index in [1.54, 1.807) is 11.0 Å². The first-order valence-electron chi connectivity index (χ1n) is 10.3. The largest absolute Gasteiger partial charge is 0.397 e. The number of nitrogens with two attached hydrogens (primary N) is 1. The number of nitrogen functional groups attached to an aromatic ring is 1. The Morgan fingerprint density at radius 1 is 1.17 bits per heavy atom. The number of fused-ring (bicyclic) bond motifs is 2. The number of rotatable bonds is 3. The Labute approximate surface area is 172 Å². The normalized spacial score (nSPS) is 17.2. The van der Waals surface area contributed by atoms with Crippen molar-refractivity contribution in [1.82, 2.24) is 10.3 Å². The van der Waals surface area contributed by atoms with Crippen molar-refractivity contribution in [2.24, 2.45) is 0 Å². The van der Waals surface area contributed by atoms with Crippen LogP contribution in [0.2, 0.25) is 0 Å². The molecule has 152 valence electrons. The Balaban J connectivity index is 1.38. The monoisotopic (exact) mass is 413 g/mol. The first-order chi connectivity index (χ1) is 14.2. The molecule has 3 aromatic heterocycles. The lowest BCUT2D eigenvalue weighted by Crippen LogP contribution is -2.60. The van der Waals surface area contributed by atoms with Gasteiger partial charge in [0, 0.05) is 11.1 Å². The van der Waals surface area contributed by atoms with Gasteiger partial charge in [-0.2, -0.15) is 5.01 Å². The Morgan fingerprint density at radius 2 is 1.97 bits per heavy atom. The molecule has 1 aliphatic heterocycles. The molecule has 4 heterocycles. The molecule has 0 radical (unpaired) electrons. The van der Waals surface area contributed by atoms with Crippen LogP contribution in [-0.2, 0) is 12.8 Å². The van der Waals surface area contributed by atoms with Gasteiger partial charge in [-0.3, -0.25) is 14.6 Å². The summed E-state index contributed by atoms with van der Waals surface area (Å²) in [7, 11) is 0. The van der Waals surface area contributed by atoms with E-state index in [0.29, 0.717) is 16.4 Å². The van der Waals surface area contributed by atoms with E-state index in [-0.39, 0.29) is 5.91 Å². The van der Waals surface area contributed by atoms with E-state index in [1.807, 2.05) is 0 Å². The molecule has 0 bridgehead atoms. The summed E-state index contributed by atoms with van der Waals surface area (Å²) in [6, 6.07) is 2.13. The van der Waals surface area contributed by atoms with Crippen LogP contribution in [0.4, 0.5) is 11.6 Å². The number of carbonyl (C=O) groups is 1. The topological polar surface area (TPSA) is 101 Å². The van der Waals surface area contributed by atoms with E-state index in [1.165, 1.54) is 42.6 Å². The molecule has 1 saturated heterocycles. The van der Waals surface area contributed by atoms with Gasteiger partial charge in [0.25, 0.3) is 12.1 Å². The highest BCUT2D eigenvalue weighted by molar-refractivity contribution is 7.21. The van der Waals surface area contributed by atoms with Crippen molar-refractivity contribution in [2.75, 3.05) is 29.1 Å². The van der Waals surface area contributed by atoms with Gasteiger partial charge in [-0.25, -0.2) is 4.98 Å². The summed E-state index contributed by atoms with van der Waals surface area (Å²) < 4.78 is 5.31. The van der Waals surface area contributed by atoms with Crippen LogP contribution in [0.15, 0.2) is 16.8 Å². The van der Waals surface area contributed by atoms with Crippen LogP contribution in [0.5, 0.6) is 0 Å². The molecule has 1 amide bonds. The van der Waals surface area contributed by atoms with Gasteiger partial charge in [0.2, 0.25) is 5.27 Å². The van der Waals surface area contributed by atoms with Crippen LogP contribution >= 0.6 is 11.3 Å². The maximum Gasteiger partial charge on any atom is 0.306 e.